The number of nitrogens with zero attached hydrogens (tertiary/aromatic N) is 3. The summed E-state index contributed by atoms with van der Waals surface area (Å²) in [6, 6.07) is 13.7. The van der Waals surface area contributed by atoms with Gasteiger partial charge in [0.15, 0.2) is 0 Å². The highest BCUT2D eigenvalue weighted by molar-refractivity contribution is 5.89. The van der Waals surface area contributed by atoms with Crippen LogP contribution >= 0.6 is 0 Å². The van der Waals surface area contributed by atoms with E-state index in [1.165, 1.54) is 6.07 Å². The van der Waals surface area contributed by atoms with Gasteiger partial charge in [-0.3, -0.25) is 5.32 Å². The van der Waals surface area contributed by atoms with Crippen LogP contribution < -0.4 is 20.1 Å². The molecular weight excluding hydrogens is 508 g/mol. The third-order valence-corrected chi connectivity index (χ3v) is 7.21. The SMILES string of the molecule is COCc1ccc(OC(F)F)c(CNC(=O)Nc2c(C)c(OC3CC4(C3)CN(C)C4)nn2-c2ccccc2)c1. The topological polar surface area (TPSA) is 89.9 Å². The summed E-state index contributed by atoms with van der Waals surface area (Å²) in [5.74, 6) is 0.923. The van der Waals surface area contributed by atoms with Crippen molar-refractivity contribution in [1.82, 2.24) is 20.0 Å². The van der Waals surface area contributed by atoms with E-state index in [1.807, 2.05) is 37.3 Å². The van der Waals surface area contributed by atoms with Crippen LogP contribution in [0.2, 0.25) is 0 Å². The molecule has 1 aliphatic heterocycles. The molecule has 0 atom stereocenters. The minimum Gasteiger partial charge on any atom is -0.473 e. The van der Waals surface area contributed by atoms with Crippen molar-refractivity contribution in [3.63, 3.8) is 0 Å². The Morgan fingerprint density at radius 1 is 1.18 bits per heavy atom. The van der Waals surface area contributed by atoms with Crippen LogP contribution in [-0.4, -0.2) is 60.7 Å². The van der Waals surface area contributed by atoms with Gasteiger partial charge in [-0.1, -0.05) is 24.3 Å². The number of amides is 2. The van der Waals surface area contributed by atoms with Crippen LogP contribution in [-0.2, 0) is 17.9 Å². The number of carbonyl (C=O) groups is 1. The fraction of sp³-hybridized carbons (Fsp3) is 0.429. The number of nitrogens with one attached hydrogen (secondary N) is 2. The molecule has 1 spiro atoms. The van der Waals surface area contributed by atoms with Crippen molar-refractivity contribution in [2.75, 3.05) is 32.6 Å². The van der Waals surface area contributed by atoms with E-state index in [0.717, 1.165) is 37.2 Å². The first-order valence-corrected chi connectivity index (χ1v) is 12.9. The molecule has 1 aliphatic carbocycles. The number of aromatic nitrogens is 2. The molecule has 5 rings (SSSR count). The molecule has 2 amide bonds. The molecule has 2 heterocycles. The van der Waals surface area contributed by atoms with Gasteiger partial charge >= 0.3 is 12.6 Å². The third kappa shape index (κ3) is 5.99. The van der Waals surface area contributed by atoms with Crippen LogP contribution in [0.15, 0.2) is 48.5 Å². The van der Waals surface area contributed by atoms with Gasteiger partial charge in [-0.05, 0) is 56.6 Å². The molecule has 9 nitrogen and oxygen atoms in total. The van der Waals surface area contributed by atoms with E-state index in [4.69, 9.17) is 9.47 Å². The van der Waals surface area contributed by atoms with Crippen LogP contribution in [0.1, 0.15) is 29.5 Å². The first-order valence-electron chi connectivity index (χ1n) is 12.9. The fourth-order valence-electron chi connectivity index (χ4n) is 5.56. The first kappa shape index (κ1) is 26.9. The number of alkyl halides is 2. The van der Waals surface area contributed by atoms with Crippen molar-refractivity contribution in [3.8, 4) is 17.3 Å². The molecular formula is C28H33F2N5O4. The second-order valence-electron chi connectivity index (χ2n) is 10.4. The number of likely N-dealkylation sites (tertiary alicyclic amines) is 1. The molecule has 1 saturated carbocycles. The molecule has 208 valence electrons. The number of methoxy groups -OCH3 is 1. The summed E-state index contributed by atoms with van der Waals surface area (Å²) < 4.78 is 43.5. The number of hydrogen-bond donors (Lipinski definition) is 2. The maximum atomic E-state index is 13.0. The zero-order chi connectivity index (χ0) is 27.6. The van der Waals surface area contributed by atoms with E-state index in [-0.39, 0.29) is 18.4 Å². The lowest BCUT2D eigenvalue weighted by atomic mass is 9.62. The lowest BCUT2D eigenvalue weighted by molar-refractivity contribution is -0.110. The van der Waals surface area contributed by atoms with Crippen LogP contribution in [0, 0.1) is 12.3 Å². The smallest absolute Gasteiger partial charge is 0.387 e. The van der Waals surface area contributed by atoms with Gasteiger partial charge in [-0.25, -0.2) is 9.48 Å². The summed E-state index contributed by atoms with van der Waals surface area (Å²) in [7, 11) is 3.66. The number of rotatable bonds is 10. The second-order valence-corrected chi connectivity index (χ2v) is 10.4. The fourth-order valence-corrected chi connectivity index (χ4v) is 5.56. The average molecular weight is 542 g/mol. The number of anilines is 1. The summed E-state index contributed by atoms with van der Waals surface area (Å²) in [4.78, 5) is 15.3. The molecule has 2 fully saturated rings. The summed E-state index contributed by atoms with van der Waals surface area (Å²) in [5.41, 5.74) is 2.99. The molecule has 39 heavy (non-hydrogen) atoms. The predicted octanol–water partition coefficient (Wildman–Crippen LogP) is 4.72. The van der Waals surface area contributed by atoms with Crippen molar-refractivity contribution in [1.29, 1.82) is 0 Å². The highest BCUT2D eigenvalue weighted by Crippen LogP contribution is 2.49. The number of ether oxygens (including phenoxy) is 3. The molecule has 1 saturated heterocycles. The Hall–Kier alpha value is -3.70. The number of para-hydroxylation sites is 1. The minimum atomic E-state index is -2.98. The van der Waals surface area contributed by atoms with Gasteiger partial charge in [-0.2, -0.15) is 8.78 Å². The van der Waals surface area contributed by atoms with Crippen LogP contribution in [0.25, 0.3) is 5.69 Å². The molecule has 2 N–H and O–H groups in total. The Morgan fingerprint density at radius 3 is 2.59 bits per heavy atom. The van der Waals surface area contributed by atoms with Gasteiger partial charge < -0.3 is 24.4 Å². The summed E-state index contributed by atoms with van der Waals surface area (Å²) in [6.07, 6.45) is 2.07. The Morgan fingerprint density at radius 2 is 1.92 bits per heavy atom. The van der Waals surface area contributed by atoms with E-state index in [1.54, 1.807) is 23.9 Å². The Bertz CT molecular complexity index is 1300. The second kappa shape index (κ2) is 11.2. The number of hydrogen-bond acceptors (Lipinski definition) is 6. The van der Waals surface area contributed by atoms with Gasteiger partial charge in [0.25, 0.3) is 0 Å². The van der Waals surface area contributed by atoms with Gasteiger partial charge in [0.1, 0.15) is 17.7 Å². The highest BCUT2D eigenvalue weighted by Gasteiger charge is 2.52. The lowest BCUT2D eigenvalue weighted by Gasteiger charge is -2.57. The lowest BCUT2D eigenvalue weighted by Crippen LogP contribution is -2.63. The maximum absolute atomic E-state index is 13.0. The molecule has 3 aromatic rings. The normalized spacial score (nSPS) is 16.6. The van der Waals surface area contributed by atoms with E-state index >= 15 is 0 Å². The van der Waals surface area contributed by atoms with Crippen molar-refractivity contribution < 1.29 is 27.8 Å². The monoisotopic (exact) mass is 541 g/mol. The van der Waals surface area contributed by atoms with Crippen molar-refractivity contribution in [3.05, 3.63) is 65.2 Å². The highest BCUT2D eigenvalue weighted by atomic mass is 19.3. The summed E-state index contributed by atoms with van der Waals surface area (Å²) in [5, 5.41) is 10.3. The van der Waals surface area contributed by atoms with E-state index < -0.39 is 12.6 Å². The molecule has 11 heteroatoms. The number of benzene rings is 2. The number of halogens is 2. The quantitative estimate of drug-likeness (QED) is 0.386. The molecule has 2 aliphatic rings. The zero-order valence-electron chi connectivity index (χ0n) is 22.2. The number of carbonyl (C=O) groups excluding carboxylic acids is 1. The van der Waals surface area contributed by atoms with Crippen molar-refractivity contribution in [2.24, 2.45) is 5.41 Å². The molecule has 0 radical (unpaired) electrons. The average Bonchev–Trinajstić information content (AvgIpc) is 3.17. The molecule has 1 aromatic heterocycles. The van der Waals surface area contributed by atoms with Crippen LogP contribution in [0.5, 0.6) is 11.6 Å². The largest absolute Gasteiger partial charge is 0.473 e. The van der Waals surface area contributed by atoms with E-state index in [9.17, 15) is 13.6 Å². The first-order chi connectivity index (χ1) is 18.7. The third-order valence-electron chi connectivity index (χ3n) is 7.21. The molecule has 0 bridgehead atoms. The Kier molecular flexibility index (Phi) is 7.72. The van der Waals surface area contributed by atoms with E-state index in [2.05, 4.69) is 32.4 Å². The Balaban J connectivity index is 1.31. The van der Waals surface area contributed by atoms with Gasteiger partial charge in [0, 0.05) is 37.7 Å². The number of urea groups is 1. The predicted molar refractivity (Wildman–Crippen MR) is 142 cm³/mol. The van der Waals surface area contributed by atoms with Gasteiger partial charge in [0.05, 0.1) is 17.9 Å². The zero-order valence-corrected chi connectivity index (χ0v) is 22.2. The van der Waals surface area contributed by atoms with Crippen LogP contribution in [0.3, 0.4) is 0 Å². The Labute approximate surface area is 226 Å². The standard InChI is InChI=1S/C28H33F2N5O4/c1-18-24(32-27(36)31-14-20-11-19(15-37-3)9-10-23(20)39-26(29)30)35(21-7-5-4-6-8-21)33-25(18)38-22-12-28(13-22)16-34(2)17-28/h4-11,22,26H,12-17H2,1-3H3,(H2,31,32,36). The van der Waals surface area contributed by atoms with Crippen molar-refractivity contribution >= 4 is 11.8 Å². The minimum absolute atomic E-state index is 0.0118. The van der Waals surface area contributed by atoms with E-state index in [0.29, 0.717) is 34.8 Å². The van der Waals surface area contributed by atoms with Crippen molar-refractivity contribution in [2.45, 2.75) is 45.6 Å². The summed E-state index contributed by atoms with van der Waals surface area (Å²) >= 11 is 0. The molecule has 2 aromatic carbocycles. The van der Waals surface area contributed by atoms with Gasteiger partial charge in [-0.15, -0.1) is 5.10 Å². The van der Waals surface area contributed by atoms with Crippen LogP contribution in [0.4, 0.5) is 19.4 Å². The maximum Gasteiger partial charge on any atom is 0.387 e. The van der Waals surface area contributed by atoms with Gasteiger partial charge in [0.2, 0.25) is 5.88 Å². The molecule has 0 unspecified atom stereocenters. The summed E-state index contributed by atoms with van der Waals surface area (Å²) in [6.45, 7) is 1.32.